The lowest BCUT2D eigenvalue weighted by atomic mass is 9.98. The first-order valence-corrected chi connectivity index (χ1v) is 8.65. The Bertz CT molecular complexity index is 658. The van der Waals surface area contributed by atoms with Crippen LogP contribution in [0.2, 0.25) is 0 Å². The minimum absolute atomic E-state index is 0.254. The molecule has 3 rings (SSSR count). The van der Waals surface area contributed by atoms with Gasteiger partial charge in [0.25, 0.3) is 0 Å². The molecule has 0 radical (unpaired) electrons. The van der Waals surface area contributed by atoms with Gasteiger partial charge in [-0.15, -0.1) is 0 Å². The summed E-state index contributed by atoms with van der Waals surface area (Å²) in [4.78, 5) is 0. The van der Waals surface area contributed by atoms with E-state index < -0.39 is 0 Å². The minimum atomic E-state index is 0.254. The topological polar surface area (TPSA) is 4.93 Å². The number of rotatable bonds is 7. The van der Waals surface area contributed by atoms with Crippen molar-refractivity contribution >= 4 is 0 Å². The van der Waals surface area contributed by atoms with Crippen molar-refractivity contribution in [2.45, 2.75) is 38.6 Å². The highest BCUT2D eigenvalue weighted by atomic mass is 15.0. The Morgan fingerprint density at radius 2 is 1.35 bits per heavy atom. The second-order valence-corrected chi connectivity index (χ2v) is 6.09. The van der Waals surface area contributed by atoms with E-state index in [1.165, 1.54) is 36.1 Å². The van der Waals surface area contributed by atoms with Crippen LogP contribution in [0, 0.1) is 0 Å². The molecule has 2 aromatic carbocycles. The van der Waals surface area contributed by atoms with Gasteiger partial charge in [0.1, 0.15) is 0 Å². The van der Waals surface area contributed by atoms with Crippen LogP contribution in [-0.2, 0) is 6.42 Å². The fourth-order valence-electron chi connectivity index (χ4n) is 3.23. The summed E-state index contributed by atoms with van der Waals surface area (Å²) in [7, 11) is 0. The van der Waals surface area contributed by atoms with Gasteiger partial charge in [0, 0.05) is 11.9 Å². The summed E-state index contributed by atoms with van der Waals surface area (Å²) >= 11 is 0. The third-order valence-corrected chi connectivity index (χ3v) is 4.41. The average molecular weight is 303 g/mol. The third-order valence-electron chi connectivity index (χ3n) is 4.41. The Morgan fingerprint density at radius 1 is 0.739 bits per heavy atom. The molecule has 0 aliphatic heterocycles. The van der Waals surface area contributed by atoms with Crippen molar-refractivity contribution in [2.75, 3.05) is 0 Å². The maximum absolute atomic E-state index is 2.44. The maximum atomic E-state index is 2.44. The fourth-order valence-corrected chi connectivity index (χ4v) is 3.23. The largest absolute Gasteiger partial charge is 0.340 e. The molecule has 0 fully saturated rings. The molecule has 1 aromatic heterocycles. The minimum Gasteiger partial charge on any atom is -0.340 e. The van der Waals surface area contributed by atoms with E-state index in [9.17, 15) is 0 Å². The zero-order chi connectivity index (χ0) is 15.9. The molecule has 0 amide bonds. The molecular formula is C22H25N. The molecule has 118 valence electrons. The highest BCUT2D eigenvalue weighted by molar-refractivity contribution is 5.34. The van der Waals surface area contributed by atoms with Crippen molar-refractivity contribution in [2.24, 2.45) is 0 Å². The van der Waals surface area contributed by atoms with Gasteiger partial charge in [0.2, 0.25) is 0 Å². The Kier molecular flexibility index (Phi) is 5.31. The highest BCUT2D eigenvalue weighted by Gasteiger charge is 2.17. The molecule has 1 heteroatoms. The van der Waals surface area contributed by atoms with Crippen molar-refractivity contribution in [3.05, 3.63) is 95.8 Å². The molecule has 0 atom stereocenters. The van der Waals surface area contributed by atoms with E-state index in [1.54, 1.807) is 0 Å². The van der Waals surface area contributed by atoms with E-state index in [2.05, 4.69) is 90.5 Å². The second-order valence-electron chi connectivity index (χ2n) is 6.09. The number of benzene rings is 2. The van der Waals surface area contributed by atoms with Gasteiger partial charge in [-0.05, 0) is 36.1 Å². The van der Waals surface area contributed by atoms with Crippen LogP contribution in [0.15, 0.2) is 79.0 Å². The van der Waals surface area contributed by atoms with Gasteiger partial charge in [-0.2, -0.15) is 0 Å². The Hall–Kier alpha value is -2.28. The summed E-state index contributed by atoms with van der Waals surface area (Å²) in [6.45, 7) is 2.26. The van der Waals surface area contributed by atoms with Crippen molar-refractivity contribution in [3.63, 3.8) is 0 Å². The van der Waals surface area contributed by atoms with Gasteiger partial charge in [-0.25, -0.2) is 0 Å². The Morgan fingerprint density at radius 3 is 1.91 bits per heavy atom. The molecule has 0 unspecified atom stereocenters. The van der Waals surface area contributed by atoms with Crippen molar-refractivity contribution in [1.82, 2.24) is 4.57 Å². The molecule has 23 heavy (non-hydrogen) atoms. The summed E-state index contributed by atoms with van der Waals surface area (Å²) in [6.07, 6.45) is 7.20. The van der Waals surface area contributed by atoms with Crippen molar-refractivity contribution in [1.29, 1.82) is 0 Å². The Balaban J connectivity index is 1.98. The lowest BCUT2D eigenvalue weighted by Gasteiger charge is -2.23. The van der Waals surface area contributed by atoms with Crippen LogP contribution < -0.4 is 0 Å². The number of nitrogens with zero attached hydrogens (tertiary/aromatic N) is 1. The monoisotopic (exact) mass is 303 g/mol. The zero-order valence-corrected chi connectivity index (χ0v) is 13.9. The van der Waals surface area contributed by atoms with E-state index in [0.29, 0.717) is 0 Å². The first-order chi connectivity index (χ1) is 11.4. The molecule has 1 nitrogen and oxygen atoms in total. The molecule has 0 aliphatic carbocycles. The lowest BCUT2D eigenvalue weighted by molar-refractivity contribution is 0.617. The Labute approximate surface area is 139 Å². The first kappa shape index (κ1) is 15.6. The smallest absolute Gasteiger partial charge is 0.0835 e. The van der Waals surface area contributed by atoms with Gasteiger partial charge < -0.3 is 4.57 Å². The molecule has 3 aromatic rings. The van der Waals surface area contributed by atoms with E-state index in [4.69, 9.17) is 0 Å². The molecule has 0 aliphatic rings. The van der Waals surface area contributed by atoms with Crippen LogP contribution in [0.5, 0.6) is 0 Å². The second kappa shape index (κ2) is 7.82. The van der Waals surface area contributed by atoms with Crippen LogP contribution in [0.4, 0.5) is 0 Å². The van der Waals surface area contributed by atoms with Crippen LogP contribution in [0.3, 0.4) is 0 Å². The average Bonchev–Trinajstić information content (AvgIpc) is 3.06. The molecule has 0 N–H and O–H groups in total. The molecule has 0 spiro atoms. The van der Waals surface area contributed by atoms with Gasteiger partial charge in [-0.3, -0.25) is 0 Å². The number of hydrogen-bond acceptors (Lipinski definition) is 0. The predicted molar refractivity (Wildman–Crippen MR) is 97.8 cm³/mol. The molecular weight excluding hydrogens is 278 g/mol. The maximum Gasteiger partial charge on any atom is 0.0835 e. The third kappa shape index (κ3) is 3.73. The summed E-state index contributed by atoms with van der Waals surface area (Å²) in [5.41, 5.74) is 4.11. The van der Waals surface area contributed by atoms with E-state index in [0.717, 1.165) is 6.42 Å². The van der Waals surface area contributed by atoms with E-state index in [1.807, 2.05) is 0 Å². The summed E-state index contributed by atoms with van der Waals surface area (Å²) in [5.74, 6) is 0. The molecule has 0 bridgehead atoms. The molecule has 0 saturated heterocycles. The van der Waals surface area contributed by atoms with Gasteiger partial charge >= 0.3 is 0 Å². The van der Waals surface area contributed by atoms with Crippen molar-refractivity contribution < 1.29 is 0 Å². The van der Waals surface area contributed by atoms with Gasteiger partial charge in [0.05, 0.1) is 6.04 Å². The number of aromatic nitrogens is 1. The number of hydrogen-bond donors (Lipinski definition) is 0. The lowest BCUT2D eigenvalue weighted by Crippen LogP contribution is -2.14. The van der Waals surface area contributed by atoms with Crippen LogP contribution >= 0.6 is 0 Å². The normalized spacial score (nSPS) is 11.0. The first-order valence-electron chi connectivity index (χ1n) is 8.65. The van der Waals surface area contributed by atoms with Gasteiger partial charge in [0.15, 0.2) is 0 Å². The zero-order valence-electron chi connectivity index (χ0n) is 13.9. The van der Waals surface area contributed by atoms with E-state index >= 15 is 0 Å². The number of aryl methyl sites for hydroxylation is 1. The van der Waals surface area contributed by atoms with Crippen LogP contribution in [0.25, 0.3) is 0 Å². The predicted octanol–water partition coefficient (Wildman–Crippen LogP) is 5.86. The summed E-state index contributed by atoms with van der Waals surface area (Å²) in [6, 6.07) is 26.3. The quantitative estimate of drug-likeness (QED) is 0.482. The summed E-state index contributed by atoms with van der Waals surface area (Å²) in [5, 5.41) is 0. The van der Waals surface area contributed by atoms with E-state index in [-0.39, 0.29) is 6.04 Å². The van der Waals surface area contributed by atoms with Crippen molar-refractivity contribution in [3.8, 4) is 0 Å². The molecule has 1 heterocycles. The fraction of sp³-hybridized carbons (Fsp3) is 0.273. The van der Waals surface area contributed by atoms with Crippen LogP contribution in [0.1, 0.15) is 49.0 Å². The highest BCUT2D eigenvalue weighted by Crippen LogP contribution is 2.28. The summed E-state index contributed by atoms with van der Waals surface area (Å²) < 4.78 is 2.44. The number of unbranched alkanes of at least 4 members (excludes halogenated alkanes) is 2. The standard InChI is InChI=1S/C22H25N/c1-2-3-6-16-21-17-11-18-23(21)22(19-12-7-4-8-13-19)20-14-9-5-10-15-20/h4-5,7-15,17-18,22H,2-3,6,16H2,1H3. The molecule has 0 saturated carbocycles. The van der Waals surface area contributed by atoms with Crippen LogP contribution in [-0.4, -0.2) is 4.57 Å². The van der Waals surface area contributed by atoms with Gasteiger partial charge in [-0.1, -0.05) is 80.4 Å². The SMILES string of the molecule is CCCCCc1cccn1C(c1ccccc1)c1ccccc1.